The van der Waals surface area contributed by atoms with Crippen molar-refractivity contribution in [3.63, 3.8) is 0 Å². The van der Waals surface area contributed by atoms with Gasteiger partial charge in [0.25, 0.3) is 11.8 Å². The Morgan fingerprint density at radius 2 is 1.84 bits per heavy atom. The van der Waals surface area contributed by atoms with Crippen LogP contribution in [0.25, 0.3) is 0 Å². The first kappa shape index (κ1) is 17.2. The number of likely N-dealkylation sites (tertiary alicyclic amines) is 1. The summed E-state index contributed by atoms with van der Waals surface area (Å²) in [5.41, 5.74) is 3.51. The van der Waals surface area contributed by atoms with Crippen LogP contribution in [0, 0.1) is 13.8 Å². The van der Waals surface area contributed by atoms with Crippen LogP contribution in [0.4, 0.5) is 5.69 Å². The van der Waals surface area contributed by atoms with Crippen molar-refractivity contribution in [2.45, 2.75) is 33.1 Å². The minimum Gasteiger partial charge on any atom is -0.337 e. The third-order valence-electron chi connectivity index (χ3n) is 4.66. The van der Waals surface area contributed by atoms with Gasteiger partial charge in [-0.2, -0.15) is 5.10 Å². The SMILES string of the molecule is Cc1ccc(C(=O)Nc2cnn(C)c2C(=O)N2CCCCC2)c(C)c1. The van der Waals surface area contributed by atoms with Crippen molar-refractivity contribution in [3.05, 3.63) is 46.8 Å². The van der Waals surface area contributed by atoms with E-state index in [9.17, 15) is 9.59 Å². The molecule has 0 aliphatic carbocycles. The van der Waals surface area contributed by atoms with Gasteiger partial charge in [-0.3, -0.25) is 14.3 Å². The van der Waals surface area contributed by atoms with E-state index < -0.39 is 0 Å². The number of piperidine rings is 1. The third-order valence-corrected chi connectivity index (χ3v) is 4.66. The van der Waals surface area contributed by atoms with Crippen LogP contribution < -0.4 is 5.32 Å². The number of rotatable bonds is 3. The highest BCUT2D eigenvalue weighted by Crippen LogP contribution is 2.21. The lowest BCUT2D eigenvalue weighted by Gasteiger charge is -2.27. The molecule has 3 rings (SSSR count). The van der Waals surface area contributed by atoms with E-state index in [1.807, 2.05) is 36.9 Å². The van der Waals surface area contributed by atoms with Crippen LogP contribution in [0.15, 0.2) is 24.4 Å². The van der Waals surface area contributed by atoms with Crippen molar-refractivity contribution >= 4 is 17.5 Å². The predicted octanol–water partition coefficient (Wildman–Crippen LogP) is 2.92. The Kier molecular flexibility index (Phi) is 4.88. The van der Waals surface area contributed by atoms with E-state index in [-0.39, 0.29) is 11.8 Å². The number of hydrogen-bond acceptors (Lipinski definition) is 3. The van der Waals surface area contributed by atoms with E-state index in [1.165, 1.54) is 4.68 Å². The Morgan fingerprint density at radius 3 is 2.52 bits per heavy atom. The summed E-state index contributed by atoms with van der Waals surface area (Å²) in [5, 5.41) is 7.03. The summed E-state index contributed by atoms with van der Waals surface area (Å²) in [6.45, 7) is 5.42. The molecule has 1 N–H and O–H groups in total. The Morgan fingerprint density at radius 1 is 1.12 bits per heavy atom. The lowest BCUT2D eigenvalue weighted by Crippen LogP contribution is -2.37. The number of aromatic nitrogens is 2. The first-order chi connectivity index (χ1) is 12.0. The number of anilines is 1. The molecule has 0 bridgehead atoms. The van der Waals surface area contributed by atoms with Gasteiger partial charge in [0.2, 0.25) is 0 Å². The summed E-state index contributed by atoms with van der Waals surface area (Å²) >= 11 is 0. The molecule has 1 saturated heterocycles. The highest BCUT2D eigenvalue weighted by molar-refractivity contribution is 6.09. The smallest absolute Gasteiger partial charge is 0.274 e. The molecule has 1 aliphatic rings. The minimum absolute atomic E-state index is 0.0735. The maximum Gasteiger partial charge on any atom is 0.274 e. The highest BCUT2D eigenvalue weighted by Gasteiger charge is 2.25. The summed E-state index contributed by atoms with van der Waals surface area (Å²) in [6, 6.07) is 5.69. The molecule has 2 amide bonds. The van der Waals surface area contributed by atoms with Crippen LogP contribution in [-0.4, -0.2) is 39.6 Å². The molecule has 0 unspecified atom stereocenters. The molecule has 2 aromatic rings. The number of amides is 2. The summed E-state index contributed by atoms with van der Waals surface area (Å²) in [6.07, 6.45) is 4.74. The zero-order valence-electron chi connectivity index (χ0n) is 15.0. The van der Waals surface area contributed by atoms with E-state index >= 15 is 0 Å². The fourth-order valence-corrected chi connectivity index (χ4v) is 3.29. The molecular weight excluding hydrogens is 316 g/mol. The molecule has 0 spiro atoms. The second kappa shape index (κ2) is 7.09. The predicted molar refractivity (Wildman–Crippen MR) is 96.8 cm³/mol. The number of carbonyl (C=O) groups is 2. The van der Waals surface area contributed by atoms with E-state index in [0.717, 1.165) is 43.5 Å². The van der Waals surface area contributed by atoms with Crippen LogP contribution in [-0.2, 0) is 7.05 Å². The molecule has 0 radical (unpaired) electrons. The normalized spacial score (nSPS) is 14.4. The third kappa shape index (κ3) is 3.57. The van der Waals surface area contributed by atoms with Gasteiger partial charge in [0, 0.05) is 25.7 Å². The van der Waals surface area contributed by atoms with Crippen molar-refractivity contribution in [1.82, 2.24) is 14.7 Å². The van der Waals surface area contributed by atoms with Crippen molar-refractivity contribution in [2.24, 2.45) is 7.05 Å². The number of hydrogen-bond donors (Lipinski definition) is 1. The molecule has 1 aromatic carbocycles. The van der Waals surface area contributed by atoms with E-state index in [4.69, 9.17) is 0 Å². The van der Waals surface area contributed by atoms with E-state index in [1.54, 1.807) is 13.2 Å². The van der Waals surface area contributed by atoms with Crippen molar-refractivity contribution in [2.75, 3.05) is 18.4 Å². The molecule has 0 atom stereocenters. The average molecular weight is 340 g/mol. The van der Waals surface area contributed by atoms with E-state index in [0.29, 0.717) is 16.9 Å². The number of benzene rings is 1. The van der Waals surface area contributed by atoms with Gasteiger partial charge in [0.05, 0.1) is 11.9 Å². The van der Waals surface area contributed by atoms with Gasteiger partial charge in [0.1, 0.15) is 5.69 Å². The molecule has 6 heteroatoms. The van der Waals surface area contributed by atoms with Crippen LogP contribution in [0.2, 0.25) is 0 Å². The lowest BCUT2D eigenvalue weighted by atomic mass is 10.1. The van der Waals surface area contributed by atoms with Gasteiger partial charge < -0.3 is 10.2 Å². The zero-order valence-corrected chi connectivity index (χ0v) is 15.0. The van der Waals surface area contributed by atoms with Crippen molar-refractivity contribution in [3.8, 4) is 0 Å². The molecule has 132 valence electrons. The van der Waals surface area contributed by atoms with Crippen LogP contribution in [0.5, 0.6) is 0 Å². The van der Waals surface area contributed by atoms with Gasteiger partial charge in [0.15, 0.2) is 0 Å². The van der Waals surface area contributed by atoms with Crippen LogP contribution >= 0.6 is 0 Å². The van der Waals surface area contributed by atoms with Gasteiger partial charge in [-0.15, -0.1) is 0 Å². The fourth-order valence-electron chi connectivity index (χ4n) is 3.29. The molecule has 1 fully saturated rings. The number of nitrogens with one attached hydrogen (secondary N) is 1. The Bertz CT molecular complexity index is 804. The van der Waals surface area contributed by atoms with Gasteiger partial charge in [-0.1, -0.05) is 17.7 Å². The Labute approximate surface area is 147 Å². The Hall–Kier alpha value is -2.63. The number of nitrogens with zero attached hydrogens (tertiary/aromatic N) is 3. The highest BCUT2D eigenvalue weighted by atomic mass is 16.2. The topological polar surface area (TPSA) is 67.2 Å². The standard InChI is InChI=1S/C19H24N4O2/c1-13-7-8-15(14(2)11-13)18(24)21-16-12-20-22(3)17(16)19(25)23-9-5-4-6-10-23/h7-8,11-12H,4-6,9-10H2,1-3H3,(H,21,24). The maximum absolute atomic E-state index is 12.8. The molecular formula is C19H24N4O2. The molecule has 2 heterocycles. The maximum atomic E-state index is 12.8. The van der Waals surface area contributed by atoms with Gasteiger partial charge >= 0.3 is 0 Å². The first-order valence-corrected chi connectivity index (χ1v) is 8.67. The van der Waals surface area contributed by atoms with Gasteiger partial charge in [-0.25, -0.2) is 0 Å². The number of aryl methyl sites for hydroxylation is 3. The summed E-state index contributed by atoms with van der Waals surface area (Å²) in [5.74, 6) is -0.297. The second-order valence-electron chi connectivity index (χ2n) is 6.66. The summed E-state index contributed by atoms with van der Waals surface area (Å²) in [7, 11) is 1.73. The summed E-state index contributed by atoms with van der Waals surface area (Å²) in [4.78, 5) is 27.3. The first-order valence-electron chi connectivity index (χ1n) is 8.67. The molecule has 1 aromatic heterocycles. The van der Waals surface area contributed by atoms with E-state index in [2.05, 4.69) is 10.4 Å². The van der Waals surface area contributed by atoms with Crippen molar-refractivity contribution in [1.29, 1.82) is 0 Å². The second-order valence-corrected chi connectivity index (χ2v) is 6.66. The van der Waals surface area contributed by atoms with Crippen molar-refractivity contribution < 1.29 is 9.59 Å². The lowest BCUT2D eigenvalue weighted by molar-refractivity contribution is 0.0714. The quantitative estimate of drug-likeness (QED) is 0.934. The van der Waals surface area contributed by atoms with Crippen LogP contribution in [0.3, 0.4) is 0 Å². The average Bonchev–Trinajstić information content (AvgIpc) is 2.95. The van der Waals surface area contributed by atoms with Crippen LogP contribution in [0.1, 0.15) is 51.2 Å². The largest absolute Gasteiger partial charge is 0.337 e. The Balaban J connectivity index is 1.83. The molecule has 1 aliphatic heterocycles. The zero-order chi connectivity index (χ0) is 18.0. The molecule has 6 nitrogen and oxygen atoms in total. The summed E-state index contributed by atoms with van der Waals surface area (Å²) < 4.78 is 1.54. The molecule has 0 saturated carbocycles. The fraction of sp³-hybridized carbons (Fsp3) is 0.421. The minimum atomic E-state index is -0.224. The molecule has 25 heavy (non-hydrogen) atoms. The number of carbonyl (C=O) groups excluding carboxylic acids is 2. The monoisotopic (exact) mass is 340 g/mol. The van der Waals surface area contributed by atoms with Gasteiger partial charge in [-0.05, 0) is 44.7 Å².